The number of nitrogens with one attached hydrogen (secondary N) is 1. The van der Waals surface area contributed by atoms with Gasteiger partial charge < -0.3 is 14.8 Å². The topological polar surface area (TPSA) is 43.4 Å². The number of anilines is 1. The molecule has 0 atom stereocenters. The molecule has 0 aliphatic rings. The number of halogens is 1. The Balaban J connectivity index is 1.88. The lowest BCUT2D eigenvalue weighted by molar-refractivity contribution is 0.144. The Morgan fingerprint density at radius 2 is 2.05 bits per heavy atom. The van der Waals surface area contributed by atoms with Crippen molar-refractivity contribution in [3.63, 3.8) is 0 Å². The lowest BCUT2D eigenvalue weighted by atomic mass is 10.1. The highest BCUT2D eigenvalue weighted by Crippen LogP contribution is 2.15. The van der Waals surface area contributed by atoms with Gasteiger partial charge >= 0.3 is 0 Å². The lowest BCUT2D eigenvalue weighted by Gasteiger charge is -2.10. The Labute approximate surface area is 123 Å². The van der Waals surface area contributed by atoms with E-state index in [2.05, 4.69) is 10.3 Å². The molecule has 1 heterocycles. The lowest BCUT2D eigenvalue weighted by Crippen LogP contribution is -2.06. The summed E-state index contributed by atoms with van der Waals surface area (Å²) >= 11 is 0. The van der Waals surface area contributed by atoms with E-state index in [0.29, 0.717) is 25.6 Å². The summed E-state index contributed by atoms with van der Waals surface area (Å²) in [5, 5.41) is 3.25. The number of aryl methyl sites for hydroxylation is 1. The quantitative estimate of drug-likeness (QED) is 0.795. The van der Waals surface area contributed by atoms with Crippen LogP contribution in [0, 0.1) is 12.7 Å². The zero-order chi connectivity index (χ0) is 15.1. The van der Waals surface area contributed by atoms with E-state index in [0.717, 1.165) is 16.8 Å². The molecule has 0 spiro atoms. The average molecular weight is 290 g/mol. The molecule has 21 heavy (non-hydrogen) atoms. The molecule has 112 valence electrons. The molecule has 0 aliphatic heterocycles. The zero-order valence-electron chi connectivity index (χ0n) is 12.2. The minimum atomic E-state index is -0.213. The van der Waals surface area contributed by atoms with E-state index in [-0.39, 0.29) is 5.82 Å². The molecule has 0 saturated heterocycles. The second-order valence-electron chi connectivity index (χ2n) is 4.65. The van der Waals surface area contributed by atoms with Gasteiger partial charge in [0.15, 0.2) is 0 Å². The van der Waals surface area contributed by atoms with E-state index in [9.17, 15) is 4.39 Å². The van der Waals surface area contributed by atoms with Gasteiger partial charge in [-0.1, -0.05) is 6.07 Å². The van der Waals surface area contributed by atoms with Crippen LogP contribution in [-0.4, -0.2) is 25.3 Å². The second kappa shape index (κ2) is 7.59. The summed E-state index contributed by atoms with van der Waals surface area (Å²) in [5.74, 6) is 0.353. The van der Waals surface area contributed by atoms with Crippen LogP contribution in [0.15, 0.2) is 36.5 Å². The number of rotatable bonds is 7. The second-order valence-corrected chi connectivity index (χ2v) is 4.65. The fraction of sp³-hybridized carbons (Fsp3) is 0.312. The van der Waals surface area contributed by atoms with Gasteiger partial charge in [0, 0.05) is 19.7 Å². The highest BCUT2D eigenvalue weighted by molar-refractivity contribution is 5.43. The van der Waals surface area contributed by atoms with Gasteiger partial charge in [0.1, 0.15) is 12.4 Å². The number of methoxy groups -OCH3 is 1. The summed E-state index contributed by atoms with van der Waals surface area (Å²) in [6, 6.07) is 8.48. The molecule has 1 aromatic heterocycles. The van der Waals surface area contributed by atoms with E-state index < -0.39 is 0 Å². The SMILES string of the molecule is COCCOc1ccc(NCc2ccc(F)cc2C)cn1. The van der Waals surface area contributed by atoms with Gasteiger partial charge in [-0.2, -0.15) is 0 Å². The van der Waals surface area contributed by atoms with Crippen LogP contribution in [-0.2, 0) is 11.3 Å². The summed E-state index contributed by atoms with van der Waals surface area (Å²) < 4.78 is 23.3. The number of nitrogens with zero attached hydrogens (tertiary/aromatic N) is 1. The predicted octanol–water partition coefficient (Wildman–Crippen LogP) is 3.17. The van der Waals surface area contributed by atoms with Crippen LogP contribution < -0.4 is 10.1 Å². The third kappa shape index (κ3) is 4.72. The number of pyridine rings is 1. The first-order chi connectivity index (χ1) is 10.2. The molecule has 1 N–H and O–H groups in total. The van der Waals surface area contributed by atoms with Crippen LogP contribution in [0.25, 0.3) is 0 Å². The summed E-state index contributed by atoms with van der Waals surface area (Å²) in [7, 11) is 1.63. The van der Waals surface area contributed by atoms with Crippen molar-refractivity contribution in [2.24, 2.45) is 0 Å². The maximum absolute atomic E-state index is 13.0. The molecule has 0 aliphatic carbocycles. The van der Waals surface area contributed by atoms with Crippen LogP contribution in [0.1, 0.15) is 11.1 Å². The van der Waals surface area contributed by atoms with E-state index in [1.54, 1.807) is 25.4 Å². The standard InChI is InChI=1S/C16H19FN2O2/c1-12-9-14(17)4-3-13(12)10-18-15-5-6-16(19-11-15)21-8-7-20-2/h3-6,9,11,18H,7-8,10H2,1-2H3. The smallest absolute Gasteiger partial charge is 0.213 e. The third-order valence-corrected chi connectivity index (χ3v) is 3.06. The van der Waals surface area contributed by atoms with E-state index in [1.807, 2.05) is 13.0 Å². The van der Waals surface area contributed by atoms with Crippen molar-refractivity contribution in [2.45, 2.75) is 13.5 Å². The number of benzene rings is 1. The van der Waals surface area contributed by atoms with E-state index >= 15 is 0 Å². The summed E-state index contributed by atoms with van der Waals surface area (Å²) in [6.07, 6.45) is 1.71. The van der Waals surface area contributed by atoms with Gasteiger partial charge in [0.2, 0.25) is 5.88 Å². The van der Waals surface area contributed by atoms with Crippen molar-refractivity contribution < 1.29 is 13.9 Å². The normalized spacial score (nSPS) is 10.4. The molecule has 0 fully saturated rings. The van der Waals surface area contributed by atoms with Crippen molar-refractivity contribution in [1.29, 1.82) is 0 Å². The van der Waals surface area contributed by atoms with E-state index in [4.69, 9.17) is 9.47 Å². The first-order valence-electron chi connectivity index (χ1n) is 6.76. The average Bonchev–Trinajstić information content (AvgIpc) is 2.48. The molecule has 2 rings (SSSR count). The van der Waals surface area contributed by atoms with Crippen molar-refractivity contribution >= 4 is 5.69 Å². The van der Waals surface area contributed by atoms with E-state index in [1.165, 1.54) is 12.1 Å². The fourth-order valence-electron chi connectivity index (χ4n) is 1.85. The van der Waals surface area contributed by atoms with Crippen LogP contribution in [0.4, 0.5) is 10.1 Å². The number of hydrogen-bond donors (Lipinski definition) is 1. The third-order valence-electron chi connectivity index (χ3n) is 3.06. The van der Waals surface area contributed by atoms with Crippen molar-refractivity contribution in [2.75, 3.05) is 25.6 Å². The van der Waals surface area contributed by atoms with Crippen molar-refractivity contribution in [1.82, 2.24) is 4.98 Å². The molecule has 0 unspecified atom stereocenters. The first-order valence-corrected chi connectivity index (χ1v) is 6.76. The molecule has 0 radical (unpaired) electrons. The van der Waals surface area contributed by atoms with Gasteiger partial charge in [-0.3, -0.25) is 0 Å². The van der Waals surface area contributed by atoms with Crippen molar-refractivity contribution in [3.05, 3.63) is 53.5 Å². The number of ether oxygens (including phenoxy) is 2. The maximum atomic E-state index is 13.0. The predicted molar refractivity (Wildman–Crippen MR) is 80.1 cm³/mol. The largest absolute Gasteiger partial charge is 0.475 e. The monoisotopic (exact) mass is 290 g/mol. The Hall–Kier alpha value is -2.14. The first kappa shape index (κ1) is 15.3. The Morgan fingerprint density at radius 1 is 1.19 bits per heavy atom. The Morgan fingerprint density at radius 3 is 2.71 bits per heavy atom. The Bertz CT molecular complexity index is 573. The Kier molecular flexibility index (Phi) is 5.51. The highest BCUT2D eigenvalue weighted by atomic mass is 19.1. The molecule has 5 heteroatoms. The number of hydrogen-bond acceptors (Lipinski definition) is 4. The van der Waals surface area contributed by atoms with Gasteiger partial charge in [-0.15, -0.1) is 0 Å². The minimum absolute atomic E-state index is 0.213. The van der Waals surface area contributed by atoms with Crippen LogP contribution in [0.5, 0.6) is 5.88 Å². The van der Waals surface area contributed by atoms with Gasteiger partial charge in [0.05, 0.1) is 18.5 Å². The minimum Gasteiger partial charge on any atom is -0.475 e. The van der Waals surface area contributed by atoms with Crippen LogP contribution in [0.2, 0.25) is 0 Å². The molecule has 0 bridgehead atoms. The molecule has 1 aromatic carbocycles. The molecular weight excluding hydrogens is 271 g/mol. The van der Waals surface area contributed by atoms with Gasteiger partial charge in [-0.25, -0.2) is 9.37 Å². The van der Waals surface area contributed by atoms with Gasteiger partial charge in [-0.05, 0) is 36.2 Å². The highest BCUT2D eigenvalue weighted by Gasteiger charge is 2.01. The fourth-order valence-corrected chi connectivity index (χ4v) is 1.85. The maximum Gasteiger partial charge on any atom is 0.213 e. The molecule has 0 amide bonds. The zero-order valence-corrected chi connectivity index (χ0v) is 12.2. The molecule has 4 nitrogen and oxygen atoms in total. The number of aromatic nitrogens is 1. The summed E-state index contributed by atoms with van der Waals surface area (Å²) in [6.45, 7) is 3.53. The van der Waals surface area contributed by atoms with Crippen LogP contribution in [0.3, 0.4) is 0 Å². The molecular formula is C16H19FN2O2. The van der Waals surface area contributed by atoms with Crippen LogP contribution >= 0.6 is 0 Å². The summed E-state index contributed by atoms with van der Waals surface area (Å²) in [5.41, 5.74) is 2.87. The molecule has 2 aromatic rings. The van der Waals surface area contributed by atoms with Gasteiger partial charge in [0.25, 0.3) is 0 Å². The summed E-state index contributed by atoms with van der Waals surface area (Å²) in [4.78, 5) is 4.20. The van der Waals surface area contributed by atoms with Crippen molar-refractivity contribution in [3.8, 4) is 5.88 Å². The molecule has 0 saturated carbocycles.